The van der Waals surface area contributed by atoms with Crippen LogP contribution in [0.4, 0.5) is 0 Å². The number of rotatable bonds is 6. The van der Waals surface area contributed by atoms with E-state index < -0.39 is 12.1 Å². The van der Waals surface area contributed by atoms with Crippen LogP contribution in [0.1, 0.15) is 43.0 Å². The summed E-state index contributed by atoms with van der Waals surface area (Å²) in [5, 5.41) is 15.4. The van der Waals surface area contributed by atoms with Crippen molar-refractivity contribution >= 4 is 11.8 Å². The van der Waals surface area contributed by atoms with E-state index in [-0.39, 0.29) is 24.3 Å². The molecule has 5 nitrogen and oxygen atoms in total. The summed E-state index contributed by atoms with van der Waals surface area (Å²) in [5.41, 5.74) is 0.521. The summed E-state index contributed by atoms with van der Waals surface area (Å²) < 4.78 is 0. The van der Waals surface area contributed by atoms with Gasteiger partial charge in [0, 0.05) is 12.1 Å². The van der Waals surface area contributed by atoms with Gasteiger partial charge in [0.05, 0.1) is 6.10 Å². The average molecular weight is 304 g/mol. The summed E-state index contributed by atoms with van der Waals surface area (Å²) in [4.78, 5) is 24.0. The van der Waals surface area contributed by atoms with E-state index in [1.54, 1.807) is 31.2 Å². The van der Waals surface area contributed by atoms with Crippen molar-refractivity contribution < 1.29 is 14.7 Å². The molecule has 0 saturated heterocycles. The van der Waals surface area contributed by atoms with E-state index in [0.717, 1.165) is 25.7 Å². The third-order valence-electron chi connectivity index (χ3n) is 4.21. The summed E-state index contributed by atoms with van der Waals surface area (Å²) in [6.45, 7) is 1.88. The second-order valence-corrected chi connectivity index (χ2v) is 5.92. The van der Waals surface area contributed by atoms with Crippen LogP contribution < -0.4 is 10.6 Å². The smallest absolute Gasteiger partial charge is 0.251 e. The molecule has 2 atom stereocenters. The lowest BCUT2D eigenvalue weighted by Crippen LogP contribution is -2.47. The van der Waals surface area contributed by atoms with Crippen molar-refractivity contribution in [3.8, 4) is 0 Å². The van der Waals surface area contributed by atoms with Crippen LogP contribution in [0.2, 0.25) is 0 Å². The Balaban J connectivity index is 1.75. The van der Waals surface area contributed by atoms with Gasteiger partial charge >= 0.3 is 0 Å². The van der Waals surface area contributed by atoms with E-state index in [9.17, 15) is 14.7 Å². The van der Waals surface area contributed by atoms with Gasteiger partial charge in [-0.3, -0.25) is 9.59 Å². The minimum absolute atomic E-state index is 0.245. The van der Waals surface area contributed by atoms with Crippen LogP contribution in [0.25, 0.3) is 0 Å². The van der Waals surface area contributed by atoms with E-state index in [4.69, 9.17) is 0 Å². The predicted molar refractivity (Wildman–Crippen MR) is 84.3 cm³/mol. The summed E-state index contributed by atoms with van der Waals surface area (Å²) in [6.07, 6.45) is 3.86. The lowest BCUT2D eigenvalue weighted by atomic mass is 10.0. The number of amides is 2. The largest absolute Gasteiger partial charge is 0.391 e. The standard InChI is InChI=1S/C17H24N2O3/c1-12(19-17(22)14-9-3-2-4-10-14)16(21)18-11-15(20)13-7-5-6-8-13/h2-4,9-10,12-13,15,20H,5-8,11H2,1H3,(H,18,21)(H,19,22). The Morgan fingerprint density at radius 1 is 1.23 bits per heavy atom. The summed E-state index contributed by atoms with van der Waals surface area (Å²) in [7, 11) is 0. The molecule has 1 fully saturated rings. The third kappa shape index (κ3) is 4.56. The Labute approximate surface area is 131 Å². The van der Waals surface area contributed by atoms with E-state index >= 15 is 0 Å². The first-order chi connectivity index (χ1) is 10.6. The number of carbonyl (C=O) groups is 2. The van der Waals surface area contributed by atoms with Gasteiger partial charge in [-0.05, 0) is 37.8 Å². The molecule has 0 aromatic heterocycles. The number of aliphatic hydroxyl groups is 1. The molecular formula is C17H24N2O3. The molecule has 0 radical (unpaired) electrons. The van der Waals surface area contributed by atoms with Crippen LogP contribution in [0, 0.1) is 5.92 Å². The highest BCUT2D eigenvalue weighted by Crippen LogP contribution is 2.27. The maximum Gasteiger partial charge on any atom is 0.251 e. The van der Waals surface area contributed by atoms with Crippen LogP contribution in [-0.4, -0.2) is 35.6 Å². The monoisotopic (exact) mass is 304 g/mol. The number of hydrogen-bond acceptors (Lipinski definition) is 3. The second kappa shape index (κ2) is 7.94. The number of hydrogen-bond donors (Lipinski definition) is 3. The van der Waals surface area contributed by atoms with E-state index in [1.165, 1.54) is 0 Å². The third-order valence-corrected chi connectivity index (χ3v) is 4.21. The molecule has 2 unspecified atom stereocenters. The zero-order chi connectivity index (χ0) is 15.9. The fourth-order valence-electron chi connectivity index (χ4n) is 2.80. The molecule has 1 aromatic rings. The van der Waals surface area contributed by atoms with Crippen molar-refractivity contribution in [2.75, 3.05) is 6.54 Å². The molecule has 0 bridgehead atoms. The molecule has 120 valence electrons. The van der Waals surface area contributed by atoms with Gasteiger partial charge in [0.25, 0.3) is 5.91 Å². The van der Waals surface area contributed by atoms with Gasteiger partial charge in [-0.15, -0.1) is 0 Å². The highest BCUT2D eigenvalue weighted by atomic mass is 16.3. The summed E-state index contributed by atoms with van der Waals surface area (Å²) in [5.74, 6) is -0.268. The lowest BCUT2D eigenvalue weighted by molar-refractivity contribution is -0.123. The summed E-state index contributed by atoms with van der Waals surface area (Å²) >= 11 is 0. The van der Waals surface area contributed by atoms with Gasteiger partial charge in [-0.25, -0.2) is 0 Å². The van der Waals surface area contributed by atoms with Crippen molar-refractivity contribution in [1.29, 1.82) is 0 Å². The first-order valence-corrected chi connectivity index (χ1v) is 7.89. The van der Waals surface area contributed by atoms with Crippen molar-refractivity contribution in [2.24, 2.45) is 5.92 Å². The number of nitrogens with one attached hydrogen (secondary N) is 2. The second-order valence-electron chi connectivity index (χ2n) is 5.92. The predicted octanol–water partition coefficient (Wildman–Crippen LogP) is 1.47. The minimum atomic E-state index is -0.636. The van der Waals surface area contributed by atoms with Gasteiger partial charge in [-0.2, -0.15) is 0 Å². The van der Waals surface area contributed by atoms with Crippen LogP contribution in [0.15, 0.2) is 30.3 Å². The van der Waals surface area contributed by atoms with E-state index in [1.807, 2.05) is 6.07 Å². The van der Waals surface area contributed by atoms with E-state index in [0.29, 0.717) is 5.56 Å². The Kier molecular flexibility index (Phi) is 5.95. The van der Waals surface area contributed by atoms with Gasteiger partial charge < -0.3 is 15.7 Å². The number of benzene rings is 1. The normalized spacial score (nSPS) is 17.7. The van der Waals surface area contributed by atoms with Gasteiger partial charge in [0.1, 0.15) is 6.04 Å². The zero-order valence-electron chi connectivity index (χ0n) is 12.9. The van der Waals surface area contributed by atoms with E-state index in [2.05, 4.69) is 10.6 Å². The lowest BCUT2D eigenvalue weighted by Gasteiger charge is -2.20. The Morgan fingerprint density at radius 3 is 2.50 bits per heavy atom. The molecular weight excluding hydrogens is 280 g/mol. The molecule has 1 aromatic carbocycles. The van der Waals surface area contributed by atoms with Crippen LogP contribution in [-0.2, 0) is 4.79 Å². The molecule has 0 aliphatic heterocycles. The molecule has 22 heavy (non-hydrogen) atoms. The topological polar surface area (TPSA) is 78.4 Å². The maximum absolute atomic E-state index is 12.0. The molecule has 1 saturated carbocycles. The Hall–Kier alpha value is -1.88. The van der Waals surface area contributed by atoms with Crippen molar-refractivity contribution in [3.63, 3.8) is 0 Å². The average Bonchev–Trinajstić information content (AvgIpc) is 3.07. The van der Waals surface area contributed by atoms with Crippen molar-refractivity contribution in [2.45, 2.75) is 44.8 Å². The zero-order valence-corrected chi connectivity index (χ0v) is 12.9. The molecule has 1 aliphatic carbocycles. The Bertz CT molecular complexity index is 498. The number of aliphatic hydroxyl groups excluding tert-OH is 1. The molecule has 2 rings (SSSR count). The van der Waals surface area contributed by atoms with Gasteiger partial charge in [0.2, 0.25) is 5.91 Å². The summed E-state index contributed by atoms with van der Waals surface area (Å²) in [6, 6.07) is 8.14. The SMILES string of the molecule is CC(NC(=O)c1ccccc1)C(=O)NCC(O)C1CCCC1. The van der Waals surface area contributed by atoms with Crippen LogP contribution >= 0.6 is 0 Å². The first-order valence-electron chi connectivity index (χ1n) is 7.89. The Morgan fingerprint density at radius 2 is 1.86 bits per heavy atom. The first kappa shape index (κ1) is 16.5. The van der Waals surface area contributed by atoms with Crippen LogP contribution in [0.5, 0.6) is 0 Å². The molecule has 1 aliphatic rings. The van der Waals surface area contributed by atoms with Gasteiger partial charge in [-0.1, -0.05) is 31.0 Å². The quantitative estimate of drug-likeness (QED) is 0.745. The van der Waals surface area contributed by atoms with Crippen molar-refractivity contribution in [3.05, 3.63) is 35.9 Å². The minimum Gasteiger partial charge on any atom is -0.391 e. The molecule has 3 N–H and O–H groups in total. The van der Waals surface area contributed by atoms with Gasteiger partial charge in [0.15, 0.2) is 0 Å². The highest BCUT2D eigenvalue weighted by molar-refractivity contribution is 5.97. The number of carbonyl (C=O) groups excluding carboxylic acids is 2. The molecule has 0 heterocycles. The fourth-order valence-corrected chi connectivity index (χ4v) is 2.80. The molecule has 5 heteroatoms. The maximum atomic E-state index is 12.0. The highest BCUT2D eigenvalue weighted by Gasteiger charge is 2.24. The fraction of sp³-hybridized carbons (Fsp3) is 0.529. The molecule has 0 spiro atoms. The molecule has 2 amide bonds. The van der Waals surface area contributed by atoms with Crippen LogP contribution in [0.3, 0.4) is 0 Å². The van der Waals surface area contributed by atoms with Crippen molar-refractivity contribution in [1.82, 2.24) is 10.6 Å².